The van der Waals surface area contributed by atoms with Gasteiger partial charge >= 0.3 is 0 Å². The third-order valence-electron chi connectivity index (χ3n) is 5.71. The summed E-state index contributed by atoms with van der Waals surface area (Å²) in [6.07, 6.45) is 0.824. The number of carbonyl (C=O) groups is 1. The van der Waals surface area contributed by atoms with Crippen LogP contribution in [0.1, 0.15) is 18.1 Å². The summed E-state index contributed by atoms with van der Waals surface area (Å²) in [5.74, 6) is 0.181. The lowest BCUT2D eigenvalue weighted by atomic mass is 9.83. The van der Waals surface area contributed by atoms with Crippen LogP contribution in [0.4, 0.5) is 11.4 Å². The number of aryl methyl sites for hydroxylation is 1. The number of rotatable bonds is 3. The number of benzene rings is 2. The second kappa shape index (κ2) is 7.02. The van der Waals surface area contributed by atoms with E-state index in [1.807, 2.05) is 6.92 Å². The van der Waals surface area contributed by atoms with Gasteiger partial charge in [0.15, 0.2) is 0 Å². The normalized spacial score (nSPS) is 21.8. The zero-order valence-electron chi connectivity index (χ0n) is 15.6. The Morgan fingerprint density at radius 3 is 2.65 bits per heavy atom. The molecular formula is C22H27N3O. The van der Waals surface area contributed by atoms with Crippen LogP contribution in [-0.2, 0) is 11.2 Å². The maximum absolute atomic E-state index is 12.8. The Labute approximate surface area is 155 Å². The number of carbonyl (C=O) groups excluding carboxylic acids is 1. The number of hydrogen-bond acceptors (Lipinski definition) is 3. The number of hydrogen-bond donors (Lipinski definition) is 1. The molecule has 26 heavy (non-hydrogen) atoms. The van der Waals surface area contributed by atoms with Crippen LogP contribution in [0, 0.1) is 12.8 Å². The second-order valence-electron chi connectivity index (χ2n) is 7.38. The number of para-hydroxylation sites is 1. The first-order valence-electron chi connectivity index (χ1n) is 9.61. The molecule has 4 heteroatoms. The van der Waals surface area contributed by atoms with Crippen molar-refractivity contribution in [3.8, 4) is 0 Å². The van der Waals surface area contributed by atoms with Crippen molar-refractivity contribution >= 4 is 17.3 Å². The second-order valence-corrected chi connectivity index (χ2v) is 7.38. The molecule has 0 unspecified atom stereocenters. The lowest BCUT2D eigenvalue weighted by molar-refractivity contribution is -0.125. The summed E-state index contributed by atoms with van der Waals surface area (Å²) in [6, 6.07) is 17.5. The molecule has 0 radical (unpaired) electrons. The van der Waals surface area contributed by atoms with Gasteiger partial charge in [-0.25, -0.2) is 0 Å². The first-order valence-corrected chi connectivity index (χ1v) is 9.61. The summed E-state index contributed by atoms with van der Waals surface area (Å²) in [4.78, 5) is 17.7. The Bertz CT molecular complexity index is 786. The van der Waals surface area contributed by atoms with E-state index in [4.69, 9.17) is 0 Å². The van der Waals surface area contributed by atoms with Gasteiger partial charge in [0, 0.05) is 37.6 Å². The highest BCUT2D eigenvalue weighted by Crippen LogP contribution is 2.36. The fourth-order valence-corrected chi connectivity index (χ4v) is 4.35. The van der Waals surface area contributed by atoms with Gasteiger partial charge in [-0.1, -0.05) is 35.9 Å². The summed E-state index contributed by atoms with van der Waals surface area (Å²) in [5.41, 5.74) is 5.13. The monoisotopic (exact) mass is 349 g/mol. The van der Waals surface area contributed by atoms with Gasteiger partial charge in [0.2, 0.25) is 5.91 Å². The Morgan fingerprint density at radius 1 is 1.12 bits per heavy atom. The Balaban J connectivity index is 1.64. The molecule has 2 aromatic rings. The van der Waals surface area contributed by atoms with E-state index in [9.17, 15) is 4.79 Å². The van der Waals surface area contributed by atoms with Crippen molar-refractivity contribution in [3.63, 3.8) is 0 Å². The third kappa shape index (κ3) is 3.05. The number of fused-ring (bicyclic) bond motifs is 3. The van der Waals surface area contributed by atoms with Gasteiger partial charge in [-0.3, -0.25) is 4.79 Å². The first-order chi connectivity index (χ1) is 12.7. The van der Waals surface area contributed by atoms with E-state index in [1.165, 1.54) is 22.5 Å². The van der Waals surface area contributed by atoms with E-state index in [0.717, 1.165) is 26.1 Å². The molecule has 0 aromatic heterocycles. The van der Waals surface area contributed by atoms with Gasteiger partial charge in [0.1, 0.15) is 0 Å². The van der Waals surface area contributed by atoms with Crippen molar-refractivity contribution < 1.29 is 4.79 Å². The molecule has 2 aromatic carbocycles. The molecule has 2 heterocycles. The predicted octanol–water partition coefficient (Wildman–Crippen LogP) is 3.00. The number of amides is 1. The standard InChI is InChI=1S/C22H27N3O/c1-3-23-22(26)19-14-17-6-4-5-7-20(17)25-13-12-24(15-21(19)25)18-10-8-16(2)9-11-18/h4-11,19,21H,3,12-15H2,1-2H3,(H,23,26)/t19-,21+/m1/s1. The third-order valence-corrected chi connectivity index (χ3v) is 5.71. The molecule has 2 aliphatic heterocycles. The summed E-state index contributed by atoms with van der Waals surface area (Å²) in [6.45, 7) is 7.61. The van der Waals surface area contributed by atoms with Crippen molar-refractivity contribution in [3.05, 3.63) is 59.7 Å². The maximum atomic E-state index is 12.8. The highest BCUT2D eigenvalue weighted by atomic mass is 16.1. The van der Waals surface area contributed by atoms with Gasteiger partial charge in [0.05, 0.1) is 12.0 Å². The van der Waals surface area contributed by atoms with Gasteiger partial charge < -0.3 is 15.1 Å². The lowest BCUT2D eigenvalue weighted by Crippen LogP contribution is -2.61. The van der Waals surface area contributed by atoms with E-state index < -0.39 is 0 Å². The van der Waals surface area contributed by atoms with E-state index >= 15 is 0 Å². The Morgan fingerprint density at radius 2 is 1.88 bits per heavy atom. The van der Waals surface area contributed by atoms with Gasteiger partial charge in [-0.2, -0.15) is 0 Å². The van der Waals surface area contributed by atoms with Crippen molar-refractivity contribution in [2.24, 2.45) is 5.92 Å². The molecule has 1 amide bonds. The fraction of sp³-hybridized carbons (Fsp3) is 0.409. The van der Waals surface area contributed by atoms with E-state index in [1.54, 1.807) is 0 Å². The number of nitrogens with zero attached hydrogens (tertiary/aromatic N) is 2. The number of piperazine rings is 1. The predicted molar refractivity (Wildman–Crippen MR) is 107 cm³/mol. The maximum Gasteiger partial charge on any atom is 0.225 e. The number of nitrogens with one attached hydrogen (secondary N) is 1. The first kappa shape index (κ1) is 17.0. The highest BCUT2D eigenvalue weighted by molar-refractivity contribution is 5.82. The summed E-state index contributed by atoms with van der Waals surface area (Å²) < 4.78 is 0. The lowest BCUT2D eigenvalue weighted by Gasteiger charge is -2.49. The minimum Gasteiger partial charge on any atom is -0.368 e. The zero-order valence-corrected chi connectivity index (χ0v) is 15.6. The summed E-state index contributed by atoms with van der Waals surface area (Å²) in [7, 11) is 0. The smallest absolute Gasteiger partial charge is 0.225 e. The van der Waals surface area contributed by atoms with Crippen LogP contribution in [-0.4, -0.2) is 38.1 Å². The number of anilines is 2. The highest BCUT2D eigenvalue weighted by Gasteiger charge is 2.41. The molecule has 0 aliphatic carbocycles. The van der Waals surface area contributed by atoms with E-state index in [0.29, 0.717) is 6.54 Å². The Kier molecular flexibility index (Phi) is 4.58. The van der Waals surface area contributed by atoms with Crippen molar-refractivity contribution in [1.82, 2.24) is 5.32 Å². The minimum atomic E-state index is -0.00176. The van der Waals surface area contributed by atoms with Crippen LogP contribution < -0.4 is 15.1 Å². The minimum absolute atomic E-state index is 0.00176. The average Bonchev–Trinajstić information content (AvgIpc) is 2.67. The van der Waals surface area contributed by atoms with Crippen LogP contribution in [0.3, 0.4) is 0 Å². The molecule has 0 bridgehead atoms. The fourth-order valence-electron chi connectivity index (χ4n) is 4.35. The van der Waals surface area contributed by atoms with Crippen LogP contribution in [0.25, 0.3) is 0 Å². The molecule has 2 aliphatic rings. The van der Waals surface area contributed by atoms with Crippen LogP contribution in [0.2, 0.25) is 0 Å². The molecule has 4 rings (SSSR count). The van der Waals surface area contributed by atoms with E-state index in [2.05, 4.69) is 70.6 Å². The van der Waals surface area contributed by atoms with E-state index in [-0.39, 0.29) is 17.9 Å². The molecule has 0 saturated carbocycles. The summed E-state index contributed by atoms with van der Waals surface area (Å²) in [5, 5.41) is 3.06. The molecule has 4 nitrogen and oxygen atoms in total. The summed E-state index contributed by atoms with van der Waals surface area (Å²) >= 11 is 0. The molecule has 2 atom stereocenters. The van der Waals surface area contributed by atoms with Crippen LogP contribution in [0.5, 0.6) is 0 Å². The van der Waals surface area contributed by atoms with Crippen LogP contribution in [0.15, 0.2) is 48.5 Å². The van der Waals surface area contributed by atoms with Gasteiger partial charge in [-0.15, -0.1) is 0 Å². The Hall–Kier alpha value is -2.49. The molecule has 1 saturated heterocycles. The van der Waals surface area contributed by atoms with Crippen molar-refractivity contribution in [2.45, 2.75) is 26.3 Å². The molecule has 136 valence electrons. The van der Waals surface area contributed by atoms with Crippen LogP contribution >= 0.6 is 0 Å². The molecule has 1 N–H and O–H groups in total. The molecule has 1 fully saturated rings. The largest absolute Gasteiger partial charge is 0.368 e. The molecular weight excluding hydrogens is 322 g/mol. The van der Waals surface area contributed by atoms with Gasteiger partial charge in [-0.05, 0) is 44.0 Å². The quantitative estimate of drug-likeness (QED) is 0.925. The van der Waals surface area contributed by atoms with Crippen molar-refractivity contribution in [1.29, 1.82) is 0 Å². The average molecular weight is 349 g/mol. The topological polar surface area (TPSA) is 35.6 Å². The zero-order chi connectivity index (χ0) is 18.1. The SMILES string of the molecule is CCNC(=O)[C@@H]1Cc2ccccc2N2CCN(c3ccc(C)cc3)C[C@@H]12. The van der Waals surface area contributed by atoms with Crippen molar-refractivity contribution in [2.75, 3.05) is 36.0 Å². The molecule has 0 spiro atoms. The van der Waals surface area contributed by atoms with Gasteiger partial charge in [0.25, 0.3) is 0 Å².